The van der Waals surface area contributed by atoms with Crippen LogP contribution in [0.1, 0.15) is 0 Å². The first-order valence-electron chi connectivity index (χ1n) is 14.5. The fourth-order valence-electron chi connectivity index (χ4n) is 5.98. The van der Waals surface area contributed by atoms with Crippen LogP contribution in [0.3, 0.4) is 0 Å². The van der Waals surface area contributed by atoms with Crippen molar-refractivity contribution < 1.29 is 4.74 Å². The maximum Gasteiger partial charge on any atom is 0.151 e. The molecule has 6 aromatic carbocycles. The van der Waals surface area contributed by atoms with Crippen molar-refractivity contribution in [1.82, 2.24) is 14.5 Å². The van der Waals surface area contributed by atoms with Crippen LogP contribution >= 0.6 is 11.3 Å². The number of nitrogens with zero attached hydrogens (tertiary/aromatic N) is 4. The SMILES string of the molecule is c1ccc(-c2nc3cc4sc(-c5ccc(N6c7ccccc7Oc7ccccc76)cc5)nc4cc3n2-c2ccccc2)cc1. The highest BCUT2D eigenvalue weighted by Gasteiger charge is 2.25. The smallest absolute Gasteiger partial charge is 0.151 e. The minimum atomic E-state index is 0.845. The number of aromatic nitrogens is 3. The zero-order valence-electron chi connectivity index (χ0n) is 23.5. The maximum atomic E-state index is 6.19. The Bertz CT molecular complexity index is 2260. The molecule has 0 saturated carbocycles. The summed E-state index contributed by atoms with van der Waals surface area (Å²) in [5, 5.41) is 0.983. The van der Waals surface area contributed by atoms with Crippen LogP contribution < -0.4 is 9.64 Å². The second-order valence-corrected chi connectivity index (χ2v) is 11.8. The van der Waals surface area contributed by atoms with E-state index in [1.165, 1.54) is 0 Å². The zero-order chi connectivity index (χ0) is 29.0. The molecule has 0 amide bonds. The Morgan fingerprint density at radius 1 is 0.523 bits per heavy atom. The van der Waals surface area contributed by atoms with Gasteiger partial charge in [0.1, 0.15) is 10.8 Å². The summed E-state index contributed by atoms with van der Waals surface area (Å²) >= 11 is 1.70. The predicted molar refractivity (Wildman–Crippen MR) is 180 cm³/mol. The van der Waals surface area contributed by atoms with Gasteiger partial charge in [-0.15, -0.1) is 11.3 Å². The van der Waals surface area contributed by atoms with Gasteiger partial charge in [-0.3, -0.25) is 4.57 Å². The standard InChI is InChI=1S/C38H24N4OS/c1-3-11-25(12-4-1)37-39-29-24-36-30(23-33(29)42(37)27-13-5-2-6-14-27)40-38(44-36)26-19-21-28(22-20-26)41-31-15-7-9-17-34(31)43-35-18-10-8-16-32(35)41/h1-24H. The summed E-state index contributed by atoms with van der Waals surface area (Å²) in [6.45, 7) is 0. The average Bonchev–Trinajstić information content (AvgIpc) is 3.68. The molecule has 0 radical (unpaired) electrons. The van der Waals surface area contributed by atoms with Gasteiger partial charge in [0.15, 0.2) is 11.5 Å². The van der Waals surface area contributed by atoms with E-state index in [1.807, 2.05) is 48.5 Å². The number of hydrogen-bond acceptors (Lipinski definition) is 5. The Balaban J connectivity index is 1.13. The molecule has 44 heavy (non-hydrogen) atoms. The van der Waals surface area contributed by atoms with Crippen molar-refractivity contribution in [3.8, 4) is 39.1 Å². The molecule has 208 valence electrons. The highest BCUT2D eigenvalue weighted by molar-refractivity contribution is 7.21. The normalized spacial score (nSPS) is 12.2. The molecule has 0 atom stereocenters. The second-order valence-electron chi connectivity index (χ2n) is 10.7. The van der Waals surface area contributed by atoms with Gasteiger partial charge in [0.2, 0.25) is 0 Å². The third-order valence-electron chi connectivity index (χ3n) is 8.01. The van der Waals surface area contributed by atoms with Gasteiger partial charge < -0.3 is 9.64 Å². The average molecular weight is 585 g/mol. The van der Waals surface area contributed by atoms with E-state index < -0.39 is 0 Å². The van der Waals surface area contributed by atoms with Crippen molar-refractivity contribution in [3.63, 3.8) is 0 Å². The van der Waals surface area contributed by atoms with E-state index in [0.717, 1.165) is 77.5 Å². The lowest BCUT2D eigenvalue weighted by atomic mass is 10.1. The monoisotopic (exact) mass is 584 g/mol. The summed E-state index contributed by atoms with van der Waals surface area (Å²) in [6.07, 6.45) is 0. The molecule has 5 nitrogen and oxygen atoms in total. The van der Waals surface area contributed by atoms with E-state index in [0.29, 0.717) is 0 Å². The van der Waals surface area contributed by atoms with Crippen LogP contribution in [-0.4, -0.2) is 14.5 Å². The molecular weight excluding hydrogens is 561 g/mol. The second kappa shape index (κ2) is 9.93. The lowest BCUT2D eigenvalue weighted by Crippen LogP contribution is -2.15. The first kappa shape index (κ1) is 24.8. The van der Waals surface area contributed by atoms with Crippen LogP contribution in [0.5, 0.6) is 11.5 Å². The highest BCUT2D eigenvalue weighted by Crippen LogP contribution is 2.50. The summed E-state index contributed by atoms with van der Waals surface area (Å²) in [5.41, 5.74) is 9.31. The molecule has 0 saturated heterocycles. The molecule has 1 aliphatic rings. The molecule has 0 N–H and O–H groups in total. The van der Waals surface area contributed by atoms with Gasteiger partial charge in [-0.25, -0.2) is 9.97 Å². The zero-order valence-corrected chi connectivity index (χ0v) is 24.3. The first-order valence-corrected chi connectivity index (χ1v) is 15.3. The molecule has 0 aliphatic carbocycles. The van der Waals surface area contributed by atoms with E-state index >= 15 is 0 Å². The number of imidazole rings is 1. The molecule has 2 aromatic heterocycles. The van der Waals surface area contributed by atoms with Crippen LogP contribution in [0.25, 0.3) is 48.9 Å². The van der Waals surface area contributed by atoms with Crippen molar-refractivity contribution in [2.75, 3.05) is 4.90 Å². The Hall–Kier alpha value is -5.72. The van der Waals surface area contributed by atoms with E-state index in [4.69, 9.17) is 14.7 Å². The topological polar surface area (TPSA) is 43.2 Å². The Labute approximate surface area is 257 Å². The molecule has 8 aromatic rings. The van der Waals surface area contributed by atoms with Crippen LogP contribution in [0.4, 0.5) is 17.1 Å². The molecule has 0 unspecified atom stereocenters. The van der Waals surface area contributed by atoms with E-state index in [1.54, 1.807) is 11.3 Å². The number of hydrogen-bond donors (Lipinski definition) is 0. The molecule has 3 heterocycles. The Kier molecular flexibility index (Phi) is 5.61. The summed E-state index contributed by atoms with van der Waals surface area (Å²) in [5.74, 6) is 2.61. The quantitative estimate of drug-likeness (QED) is 0.206. The Morgan fingerprint density at radius 2 is 1.16 bits per heavy atom. The summed E-state index contributed by atoms with van der Waals surface area (Å²) in [6, 6.07) is 50.1. The van der Waals surface area contributed by atoms with Gasteiger partial charge in [0, 0.05) is 22.5 Å². The van der Waals surface area contributed by atoms with E-state index in [9.17, 15) is 0 Å². The van der Waals surface area contributed by atoms with Crippen molar-refractivity contribution in [2.24, 2.45) is 0 Å². The molecule has 6 heteroatoms. The van der Waals surface area contributed by atoms with Gasteiger partial charge in [-0.05, 0) is 72.8 Å². The summed E-state index contributed by atoms with van der Waals surface area (Å²) in [4.78, 5) is 12.5. The van der Waals surface area contributed by atoms with Crippen molar-refractivity contribution in [2.45, 2.75) is 0 Å². The summed E-state index contributed by atoms with van der Waals surface area (Å²) in [7, 11) is 0. The van der Waals surface area contributed by atoms with Gasteiger partial charge in [0.25, 0.3) is 0 Å². The minimum Gasteiger partial charge on any atom is -0.453 e. The molecule has 0 fully saturated rings. The Morgan fingerprint density at radius 3 is 1.86 bits per heavy atom. The van der Waals surface area contributed by atoms with Gasteiger partial charge in [0.05, 0.1) is 32.6 Å². The van der Waals surface area contributed by atoms with Crippen molar-refractivity contribution in [3.05, 3.63) is 146 Å². The number of rotatable bonds is 4. The number of para-hydroxylation sites is 5. The maximum absolute atomic E-state index is 6.19. The number of ether oxygens (including phenoxy) is 1. The lowest BCUT2D eigenvalue weighted by molar-refractivity contribution is 0.477. The van der Waals surface area contributed by atoms with Gasteiger partial charge >= 0.3 is 0 Å². The number of benzene rings is 6. The minimum absolute atomic E-state index is 0.845. The van der Waals surface area contributed by atoms with Crippen molar-refractivity contribution >= 4 is 49.6 Å². The van der Waals surface area contributed by atoms with Crippen LogP contribution in [0.15, 0.2) is 146 Å². The number of thiazole rings is 1. The van der Waals surface area contributed by atoms with Gasteiger partial charge in [-0.2, -0.15) is 0 Å². The molecule has 0 spiro atoms. The highest BCUT2D eigenvalue weighted by atomic mass is 32.1. The van der Waals surface area contributed by atoms with Crippen LogP contribution in [-0.2, 0) is 0 Å². The lowest BCUT2D eigenvalue weighted by Gasteiger charge is -2.32. The molecule has 0 bridgehead atoms. The van der Waals surface area contributed by atoms with E-state index in [-0.39, 0.29) is 0 Å². The number of anilines is 3. The first-order chi connectivity index (χ1) is 21.8. The molecule has 9 rings (SSSR count). The third-order valence-corrected chi connectivity index (χ3v) is 9.08. The van der Waals surface area contributed by atoms with Crippen LogP contribution in [0.2, 0.25) is 0 Å². The van der Waals surface area contributed by atoms with E-state index in [2.05, 4.69) is 107 Å². The fraction of sp³-hybridized carbons (Fsp3) is 0. The predicted octanol–water partition coefficient (Wildman–Crippen LogP) is 10.5. The number of fused-ring (bicyclic) bond motifs is 4. The van der Waals surface area contributed by atoms with Gasteiger partial charge in [-0.1, -0.05) is 72.8 Å². The largest absolute Gasteiger partial charge is 0.453 e. The molecule has 1 aliphatic heterocycles. The van der Waals surface area contributed by atoms with Crippen molar-refractivity contribution in [1.29, 1.82) is 0 Å². The summed E-state index contributed by atoms with van der Waals surface area (Å²) < 4.78 is 9.54. The molecular formula is C38H24N4OS. The third kappa shape index (κ3) is 4.00. The fourth-order valence-corrected chi connectivity index (χ4v) is 6.96. The van der Waals surface area contributed by atoms with Crippen LogP contribution in [0, 0.1) is 0 Å².